The van der Waals surface area contributed by atoms with Gasteiger partial charge in [0.2, 0.25) is 0 Å². The van der Waals surface area contributed by atoms with Crippen LogP contribution in [0.2, 0.25) is 0 Å². The molecule has 1 saturated heterocycles. The van der Waals surface area contributed by atoms with Gasteiger partial charge in [0.25, 0.3) is 0 Å². The monoisotopic (exact) mass is 283 g/mol. The normalized spacial score (nSPS) is 16.5. The molecule has 1 fully saturated rings. The van der Waals surface area contributed by atoms with Gasteiger partial charge in [-0.3, -0.25) is 0 Å². The van der Waals surface area contributed by atoms with E-state index in [-0.39, 0.29) is 0 Å². The van der Waals surface area contributed by atoms with Gasteiger partial charge in [0, 0.05) is 18.9 Å². The molecular formula is C14H18FNO4. The fourth-order valence-corrected chi connectivity index (χ4v) is 2.17. The van der Waals surface area contributed by atoms with Gasteiger partial charge in [-0.25, -0.2) is 9.18 Å². The van der Waals surface area contributed by atoms with Gasteiger partial charge in [0.15, 0.2) is 6.10 Å². The summed E-state index contributed by atoms with van der Waals surface area (Å²) in [6, 6.07) is 5.31. The average molecular weight is 283 g/mol. The molecule has 1 aliphatic heterocycles. The van der Waals surface area contributed by atoms with Gasteiger partial charge in [-0.05, 0) is 17.7 Å². The number of ether oxygens (including phenoxy) is 3. The molecule has 20 heavy (non-hydrogen) atoms. The van der Waals surface area contributed by atoms with Gasteiger partial charge in [0.1, 0.15) is 11.9 Å². The minimum absolute atomic E-state index is 0.350. The fraction of sp³-hybridized carbons (Fsp3) is 0.500. The standard InChI is InChI=1S/C14H18FNO4/c1-18-12-5-9(13(19-2)14(17)20-3)4-11(6-12)16-7-10(15)8-16/h4-6,10,13H,7-8H2,1-3H3. The van der Waals surface area contributed by atoms with Gasteiger partial charge in [-0.15, -0.1) is 0 Å². The molecule has 0 aromatic heterocycles. The molecule has 0 bridgehead atoms. The zero-order valence-electron chi connectivity index (χ0n) is 11.8. The molecule has 1 atom stereocenters. The Balaban J connectivity index is 2.32. The first-order chi connectivity index (χ1) is 9.58. The molecule has 1 aromatic rings. The predicted molar refractivity (Wildman–Crippen MR) is 71.9 cm³/mol. The third kappa shape index (κ3) is 2.85. The zero-order valence-corrected chi connectivity index (χ0v) is 11.8. The van der Waals surface area contributed by atoms with Crippen LogP contribution in [0.5, 0.6) is 5.75 Å². The lowest BCUT2D eigenvalue weighted by Gasteiger charge is -2.37. The SMILES string of the molecule is COC(=O)C(OC)c1cc(OC)cc(N2CC(F)C2)c1. The molecule has 1 aliphatic rings. The van der Waals surface area contributed by atoms with Crippen LogP contribution in [0, 0.1) is 0 Å². The maximum Gasteiger partial charge on any atom is 0.339 e. The summed E-state index contributed by atoms with van der Waals surface area (Å²) in [5.41, 5.74) is 1.43. The van der Waals surface area contributed by atoms with E-state index in [1.165, 1.54) is 21.3 Å². The quantitative estimate of drug-likeness (QED) is 0.770. The summed E-state index contributed by atoms with van der Waals surface area (Å²) in [6.07, 6.45) is -1.63. The largest absolute Gasteiger partial charge is 0.497 e. The Morgan fingerprint density at radius 2 is 2.00 bits per heavy atom. The van der Waals surface area contributed by atoms with E-state index in [2.05, 4.69) is 0 Å². The van der Waals surface area contributed by atoms with Crippen LogP contribution < -0.4 is 9.64 Å². The van der Waals surface area contributed by atoms with E-state index >= 15 is 0 Å². The molecular weight excluding hydrogens is 265 g/mol. The first kappa shape index (κ1) is 14.6. The number of halogens is 1. The number of nitrogens with zero attached hydrogens (tertiary/aromatic N) is 1. The van der Waals surface area contributed by atoms with E-state index < -0.39 is 18.2 Å². The molecule has 0 saturated carbocycles. The van der Waals surface area contributed by atoms with Crippen LogP contribution in [-0.4, -0.2) is 46.6 Å². The lowest BCUT2D eigenvalue weighted by molar-refractivity contribution is -0.152. The van der Waals surface area contributed by atoms with Gasteiger partial charge in [-0.2, -0.15) is 0 Å². The minimum Gasteiger partial charge on any atom is -0.497 e. The Morgan fingerprint density at radius 1 is 1.30 bits per heavy atom. The molecule has 6 heteroatoms. The van der Waals surface area contributed by atoms with Gasteiger partial charge in [0.05, 0.1) is 27.3 Å². The Bertz CT molecular complexity index is 488. The molecule has 0 N–H and O–H groups in total. The van der Waals surface area contributed by atoms with Crippen LogP contribution in [0.15, 0.2) is 18.2 Å². The second kappa shape index (κ2) is 6.09. The molecule has 1 unspecified atom stereocenters. The molecule has 5 nitrogen and oxygen atoms in total. The van der Waals surface area contributed by atoms with Crippen molar-refractivity contribution in [3.8, 4) is 5.75 Å². The number of carbonyl (C=O) groups is 1. The summed E-state index contributed by atoms with van der Waals surface area (Å²) in [7, 11) is 4.28. The van der Waals surface area contributed by atoms with Crippen LogP contribution in [-0.2, 0) is 14.3 Å². The van der Waals surface area contributed by atoms with Crippen molar-refractivity contribution in [1.82, 2.24) is 0 Å². The number of carbonyl (C=O) groups excluding carboxylic acids is 1. The highest BCUT2D eigenvalue weighted by atomic mass is 19.1. The highest BCUT2D eigenvalue weighted by molar-refractivity contribution is 5.77. The topological polar surface area (TPSA) is 48.0 Å². The first-order valence-electron chi connectivity index (χ1n) is 6.27. The smallest absolute Gasteiger partial charge is 0.339 e. The Kier molecular flexibility index (Phi) is 4.44. The summed E-state index contributed by atoms with van der Waals surface area (Å²) in [5.74, 6) is 0.101. The van der Waals surface area contributed by atoms with Crippen molar-refractivity contribution in [3.05, 3.63) is 23.8 Å². The molecule has 2 rings (SSSR count). The third-order valence-electron chi connectivity index (χ3n) is 3.31. The van der Waals surface area contributed by atoms with E-state index in [0.29, 0.717) is 24.4 Å². The van der Waals surface area contributed by atoms with E-state index in [1.54, 1.807) is 18.2 Å². The Labute approximate surface area is 117 Å². The molecule has 1 heterocycles. The second-order valence-electron chi connectivity index (χ2n) is 4.61. The first-order valence-corrected chi connectivity index (χ1v) is 6.27. The summed E-state index contributed by atoms with van der Waals surface area (Å²) in [6.45, 7) is 0.699. The van der Waals surface area contributed by atoms with Gasteiger partial charge in [-0.1, -0.05) is 0 Å². The van der Waals surface area contributed by atoms with Crippen molar-refractivity contribution in [1.29, 1.82) is 0 Å². The van der Waals surface area contributed by atoms with Crippen molar-refractivity contribution >= 4 is 11.7 Å². The van der Waals surface area contributed by atoms with Crippen LogP contribution in [0.3, 0.4) is 0 Å². The van der Waals surface area contributed by atoms with Crippen molar-refractivity contribution in [2.75, 3.05) is 39.3 Å². The van der Waals surface area contributed by atoms with E-state index in [1.807, 2.05) is 4.90 Å². The van der Waals surface area contributed by atoms with Gasteiger partial charge < -0.3 is 19.1 Å². The average Bonchev–Trinajstić information content (AvgIpc) is 2.44. The molecule has 0 amide bonds. The second-order valence-corrected chi connectivity index (χ2v) is 4.61. The van der Waals surface area contributed by atoms with Crippen molar-refractivity contribution in [2.24, 2.45) is 0 Å². The number of esters is 1. The number of hydrogen-bond donors (Lipinski definition) is 0. The predicted octanol–water partition coefficient (Wildman–Crippen LogP) is 1.71. The van der Waals surface area contributed by atoms with E-state index in [9.17, 15) is 9.18 Å². The van der Waals surface area contributed by atoms with Crippen molar-refractivity contribution in [3.63, 3.8) is 0 Å². The maximum absolute atomic E-state index is 13.0. The molecule has 110 valence electrons. The minimum atomic E-state index is -0.823. The number of hydrogen-bond acceptors (Lipinski definition) is 5. The highest BCUT2D eigenvalue weighted by Gasteiger charge is 2.28. The maximum atomic E-state index is 13.0. The molecule has 0 aliphatic carbocycles. The van der Waals surface area contributed by atoms with Crippen molar-refractivity contribution in [2.45, 2.75) is 12.3 Å². The number of anilines is 1. The molecule has 1 aromatic carbocycles. The van der Waals surface area contributed by atoms with Crippen LogP contribution in [0.1, 0.15) is 11.7 Å². The third-order valence-corrected chi connectivity index (χ3v) is 3.31. The van der Waals surface area contributed by atoms with Crippen LogP contribution >= 0.6 is 0 Å². The summed E-state index contributed by atoms with van der Waals surface area (Å²) < 4.78 is 28.1. The lowest BCUT2D eigenvalue weighted by Crippen LogP contribution is -2.48. The molecule has 0 radical (unpaired) electrons. The zero-order chi connectivity index (χ0) is 14.7. The summed E-state index contributed by atoms with van der Waals surface area (Å²) >= 11 is 0. The van der Waals surface area contributed by atoms with E-state index in [0.717, 1.165) is 5.69 Å². The number of alkyl halides is 1. The Hall–Kier alpha value is -1.82. The van der Waals surface area contributed by atoms with Crippen LogP contribution in [0.25, 0.3) is 0 Å². The number of methoxy groups -OCH3 is 3. The number of rotatable bonds is 5. The van der Waals surface area contributed by atoms with Crippen molar-refractivity contribution < 1.29 is 23.4 Å². The fourth-order valence-electron chi connectivity index (χ4n) is 2.17. The molecule has 0 spiro atoms. The summed E-state index contributed by atoms with van der Waals surface area (Å²) in [5, 5.41) is 0. The van der Waals surface area contributed by atoms with Gasteiger partial charge >= 0.3 is 5.97 Å². The lowest BCUT2D eigenvalue weighted by atomic mass is 10.0. The van der Waals surface area contributed by atoms with Crippen LogP contribution in [0.4, 0.5) is 10.1 Å². The highest BCUT2D eigenvalue weighted by Crippen LogP contribution is 2.32. The van der Waals surface area contributed by atoms with E-state index in [4.69, 9.17) is 14.2 Å². The summed E-state index contributed by atoms with van der Waals surface area (Å²) in [4.78, 5) is 13.6. The number of benzene rings is 1. The Morgan fingerprint density at radius 3 is 2.50 bits per heavy atom.